The second kappa shape index (κ2) is 6.98. The first-order valence-corrected chi connectivity index (χ1v) is 9.77. The number of rotatable bonds is 5. The standard InChI is InChI=1S/C22H19N3OS/c1-14(2)12-25-13-17(15-7-3-5-9-19(15)25)21(26)16(11-23)22-24-18-8-4-6-10-20(18)27-22/h3-10,13-14,16H,12H2,1-2H3. The van der Waals surface area contributed by atoms with Crippen LogP contribution in [0.3, 0.4) is 0 Å². The summed E-state index contributed by atoms with van der Waals surface area (Å²) in [6, 6.07) is 17.8. The quantitative estimate of drug-likeness (QED) is 0.440. The smallest absolute Gasteiger partial charge is 0.189 e. The van der Waals surface area contributed by atoms with E-state index in [9.17, 15) is 10.1 Å². The molecule has 0 amide bonds. The van der Waals surface area contributed by atoms with Gasteiger partial charge in [-0.1, -0.05) is 44.2 Å². The molecule has 2 aromatic heterocycles. The van der Waals surface area contributed by atoms with E-state index in [4.69, 9.17) is 0 Å². The summed E-state index contributed by atoms with van der Waals surface area (Å²) in [5.41, 5.74) is 2.44. The van der Waals surface area contributed by atoms with Gasteiger partial charge in [-0.3, -0.25) is 4.79 Å². The summed E-state index contributed by atoms with van der Waals surface area (Å²) in [4.78, 5) is 17.8. The molecule has 4 rings (SSSR count). The van der Waals surface area contributed by atoms with Crippen molar-refractivity contribution in [3.05, 3.63) is 65.3 Å². The van der Waals surface area contributed by atoms with Crippen molar-refractivity contribution in [2.75, 3.05) is 0 Å². The molecule has 0 radical (unpaired) electrons. The van der Waals surface area contributed by atoms with E-state index >= 15 is 0 Å². The largest absolute Gasteiger partial charge is 0.346 e. The van der Waals surface area contributed by atoms with Crippen LogP contribution >= 0.6 is 11.3 Å². The third-order valence-electron chi connectivity index (χ3n) is 4.56. The van der Waals surface area contributed by atoms with Gasteiger partial charge in [0.2, 0.25) is 0 Å². The van der Waals surface area contributed by atoms with E-state index in [1.54, 1.807) is 0 Å². The molecule has 0 aliphatic rings. The van der Waals surface area contributed by atoms with Crippen LogP contribution in [0.5, 0.6) is 0 Å². The maximum absolute atomic E-state index is 13.3. The van der Waals surface area contributed by atoms with Crippen LogP contribution in [0.2, 0.25) is 0 Å². The Morgan fingerprint density at radius 1 is 1.19 bits per heavy atom. The van der Waals surface area contributed by atoms with E-state index in [0.29, 0.717) is 16.5 Å². The van der Waals surface area contributed by atoms with Crippen LogP contribution in [0.1, 0.15) is 35.1 Å². The molecule has 0 fully saturated rings. The Morgan fingerprint density at radius 2 is 1.93 bits per heavy atom. The molecule has 2 heterocycles. The van der Waals surface area contributed by atoms with E-state index in [1.165, 1.54) is 11.3 Å². The van der Waals surface area contributed by atoms with E-state index in [0.717, 1.165) is 27.7 Å². The molecular formula is C22H19N3OS. The molecule has 0 spiro atoms. The number of nitriles is 1. The number of para-hydroxylation sites is 2. The summed E-state index contributed by atoms with van der Waals surface area (Å²) in [7, 11) is 0. The third kappa shape index (κ3) is 3.13. The first-order valence-electron chi connectivity index (χ1n) is 8.95. The van der Waals surface area contributed by atoms with Gasteiger partial charge in [0.15, 0.2) is 11.7 Å². The Morgan fingerprint density at radius 3 is 2.67 bits per heavy atom. The molecule has 0 aliphatic heterocycles. The van der Waals surface area contributed by atoms with Gasteiger partial charge in [0.1, 0.15) is 5.01 Å². The Hall–Kier alpha value is -2.97. The van der Waals surface area contributed by atoms with Crippen molar-refractivity contribution < 1.29 is 4.79 Å². The molecule has 0 N–H and O–H groups in total. The van der Waals surface area contributed by atoms with Crippen LogP contribution in [0.25, 0.3) is 21.1 Å². The molecule has 4 aromatic rings. The van der Waals surface area contributed by atoms with E-state index in [-0.39, 0.29) is 5.78 Å². The second-order valence-corrected chi connectivity index (χ2v) is 8.11. The van der Waals surface area contributed by atoms with Crippen LogP contribution in [0.4, 0.5) is 0 Å². The molecule has 0 saturated heterocycles. The minimum Gasteiger partial charge on any atom is -0.346 e. The number of nitrogens with zero attached hydrogens (tertiary/aromatic N) is 3. The lowest BCUT2D eigenvalue weighted by Gasteiger charge is -2.07. The van der Waals surface area contributed by atoms with Gasteiger partial charge >= 0.3 is 0 Å². The number of carbonyl (C=O) groups excluding carboxylic acids is 1. The number of benzene rings is 2. The van der Waals surface area contributed by atoms with Gasteiger partial charge in [0, 0.05) is 29.2 Å². The molecule has 1 unspecified atom stereocenters. The monoisotopic (exact) mass is 373 g/mol. The zero-order valence-corrected chi connectivity index (χ0v) is 16.0. The molecule has 0 saturated carbocycles. The van der Waals surface area contributed by atoms with Crippen LogP contribution in [-0.4, -0.2) is 15.3 Å². The van der Waals surface area contributed by atoms with Gasteiger partial charge < -0.3 is 4.57 Å². The molecule has 4 nitrogen and oxygen atoms in total. The van der Waals surface area contributed by atoms with E-state index in [2.05, 4.69) is 29.5 Å². The molecule has 27 heavy (non-hydrogen) atoms. The summed E-state index contributed by atoms with van der Waals surface area (Å²) >= 11 is 1.41. The number of Topliss-reactive ketones (excluding diaryl/α,β-unsaturated/α-hetero) is 1. The summed E-state index contributed by atoms with van der Waals surface area (Å²) in [5.74, 6) is -0.615. The van der Waals surface area contributed by atoms with E-state index < -0.39 is 5.92 Å². The van der Waals surface area contributed by atoms with Crippen LogP contribution in [0.15, 0.2) is 54.7 Å². The van der Waals surface area contributed by atoms with Crippen molar-refractivity contribution in [3.63, 3.8) is 0 Å². The van der Waals surface area contributed by atoms with Crippen LogP contribution < -0.4 is 0 Å². The number of carbonyl (C=O) groups is 1. The Labute approximate surface area is 161 Å². The molecule has 0 bridgehead atoms. The number of hydrogen-bond donors (Lipinski definition) is 0. The van der Waals surface area contributed by atoms with Gasteiger partial charge in [0.25, 0.3) is 0 Å². The van der Waals surface area contributed by atoms with Crippen LogP contribution in [-0.2, 0) is 6.54 Å². The lowest BCUT2D eigenvalue weighted by molar-refractivity contribution is 0.0980. The molecule has 1 atom stereocenters. The van der Waals surface area contributed by atoms with Crippen molar-refractivity contribution in [2.45, 2.75) is 26.3 Å². The summed E-state index contributed by atoms with van der Waals surface area (Å²) < 4.78 is 3.10. The number of hydrogen-bond acceptors (Lipinski definition) is 4. The Balaban J connectivity index is 1.80. The Kier molecular flexibility index (Phi) is 4.51. The van der Waals surface area contributed by atoms with Gasteiger partial charge in [-0.15, -0.1) is 11.3 Å². The fourth-order valence-electron chi connectivity index (χ4n) is 3.38. The Bertz CT molecular complexity index is 1150. The highest BCUT2D eigenvalue weighted by atomic mass is 32.1. The minimum absolute atomic E-state index is 0.185. The summed E-state index contributed by atoms with van der Waals surface area (Å²) in [6.07, 6.45) is 1.89. The maximum Gasteiger partial charge on any atom is 0.189 e. The third-order valence-corrected chi connectivity index (χ3v) is 5.67. The average Bonchev–Trinajstić information content (AvgIpc) is 3.24. The lowest BCUT2D eigenvalue weighted by Crippen LogP contribution is -2.11. The number of fused-ring (bicyclic) bond motifs is 2. The van der Waals surface area contributed by atoms with E-state index in [1.807, 2.05) is 54.7 Å². The molecular weight excluding hydrogens is 354 g/mol. The second-order valence-electron chi connectivity index (χ2n) is 7.05. The highest BCUT2D eigenvalue weighted by Crippen LogP contribution is 2.32. The van der Waals surface area contributed by atoms with Crippen molar-refractivity contribution in [1.82, 2.24) is 9.55 Å². The predicted octanol–water partition coefficient (Wildman–Crippen LogP) is 5.40. The maximum atomic E-state index is 13.3. The molecule has 0 aliphatic carbocycles. The van der Waals surface area contributed by atoms with Crippen LogP contribution in [0, 0.1) is 17.2 Å². The van der Waals surface area contributed by atoms with Gasteiger partial charge in [0.05, 0.1) is 16.3 Å². The summed E-state index contributed by atoms with van der Waals surface area (Å²) in [5, 5.41) is 11.2. The van der Waals surface area contributed by atoms with Gasteiger partial charge in [-0.05, 0) is 24.1 Å². The predicted molar refractivity (Wildman–Crippen MR) is 109 cm³/mol. The first-order chi connectivity index (χ1) is 13.1. The first kappa shape index (κ1) is 17.4. The molecule has 2 aromatic carbocycles. The topological polar surface area (TPSA) is 58.7 Å². The zero-order chi connectivity index (χ0) is 19.0. The highest BCUT2D eigenvalue weighted by Gasteiger charge is 2.28. The number of ketones is 1. The average molecular weight is 373 g/mol. The van der Waals surface area contributed by atoms with Crippen molar-refractivity contribution in [3.8, 4) is 6.07 Å². The SMILES string of the molecule is CC(C)Cn1cc(C(=O)C(C#N)c2nc3ccccc3s2)c2ccccc21. The molecule has 5 heteroatoms. The van der Waals surface area contributed by atoms with Crippen molar-refractivity contribution >= 4 is 38.2 Å². The number of thiazole rings is 1. The van der Waals surface area contributed by atoms with Gasteiger partial charge in [-0.2, -0.15) is 5.26 Å². The fraction of sp³-hybridized carbons (Fsp3) is 0.227. The van der Waals surface area contributed by atoms with Gasteiger partial charge in [-0.25, -0.2) is 4.98 Å². The normalized spacial score (nSPS) is 12.5. The number of aromatic nitrogens is 2. The highest BCUT2D eigenvalue weighted by molar-refractivity contribution is 7.18. The lowest BCUT2D eigenvalue weighted by atomic mass is 9.99. The summed E-state index contributed by atoms with van der Waals surface area (Å²) in [6.45, 7) is 5.12. The van der Waals surface area contributed by atoms with Crippen molar-refractivity contribution in [2.24, 2.45) is 5.92 Å². The minimum atomic E-state index is -0.888. The zero-order valence-electron chi connectivity index (χ0n) is 15.2. The molecule has 134 valence electrons. The fourth-order valence-corrected chi connectivity index (χ4v) is 4.39. The van der Waals surface area contributed by atoms with Crippen molar-refractivity contribution in [1.29, 1.82) is 5.26 Å².